The first-order chi connectivity index (χ1) is 12.3. The number of carbonyl (C=O) groups is 1. The Kier molecular flexibility index (Phi) is 4.59. The fourth-order valence-corrected chi connectivity index (χ4v) is 4.57. The number of nitrogens with one attached hydrogen (secondary N) is 1. The molecule has 1 saturated carbocycles. The maximum absolute atomic E-state index is 12.4. The zero-order valence-corrected chi connectivity index (χ0v) is 16.7. The minimum Gasteiger partial charge on any atom is -0.350 e. The Balaban J connectivity index is 1.35. The summed E-state index contributed by atoms with van der Waals surface area (Å²) in [6.45, 7) is 9.76. The SMILES string of the molecule is Cn1nc(C2CC2)cc1CN1CC2CCC(C1)N2CC(=O)NC(C)(C)C. The van der Waals surface area contributed by atoms with Crippen molar-refractivity contribution in [3.05, 3.63) is 17.5 Å². The lowest BCUT2D eigenvalue weighted by molar-refractivity contribution is -0.125. The van der Waals surface area contributed by atoms with Gasteiger partial charge in [0, 0.05) is 50.2 Å². The van der Waals surface area contributed by atoms with Crippen LogP contribution in [0.2, 0.25) is 0 Å². The highest BCUT2D eigenvalue weighted by Gasteiger charge is 2.41. The first-order valence-corrected chi connectivity index (χ1v) is 10.1. The first-order valence-electron chi connectivity index (χ1n) is 10.1. The van der Waals surface area contributed by atoms with E-state index in [0.717, 1.165) is 19.6 Å². The Morgan fingerprint density at radius 2 is 1.85 bits per heavy atom. The second-order valence-electron chi connectivity index (χ2n) is 9.51. The molecule has 2 bridgehead atoms. The van der Waals surface area contributed by atoms with E-state index >= 15 is 0 Å². The summed E-state index contributed by atoms with van der Waals surface area (Å²) in [6.07, 6.45) is 5.02. The normalized spacial score (nSPS) is 27.1. The summed E-state index contributed by atoms with van der Waals surface area (Å²) in [7, 11) is 2.07. The molecule has 1 aromatic rings. The standard InChI is InChI=1S/C20H33N5O/c1-20(2,3)21-19(26)13-25-15-7-8-16(25)11-24(10-15)12-17-9-18(14-5-6-14)22-23(17)4/h9,14-16H,5-8,10-13H2,1-4H3,(H,21,26). The van der Waals surface area contributed by atoms with E-state index in [1.807, 2.05) is 20.8 Å². The first kappa shape index (κ1) is 18.0. The third kappa shape index (κ3) is 3.96. The van der Waals surface area contributed by atoms with Crippen LogP contribution >= 0.6 is 0 Å². The molecule has 1 N–H and O–H groups in total. The minimum atomic E-state index is -0.156. The van der Waals surface area contributed by atoms with Crippen LogP contribution in [-0.2, 0) is 18.4 Å². The number of aryl methyl sites for hydroxylation is 1. The van der Waals surface area contributed by atoms with E-state index in [9.17, 15) is 4.79 Å². The van der Waals surface area contributed by atoms with E-state index < -0.39 is 0 Å². The van der Waals surface area contributed by atoms with Gasteiger partial charge in [-0.15, -0.1) is 0 Å². The van der Waals surface area contributed by atoms with Gasteiger partial charge in [0.05, 0.1) is 17.9 Å². The van der Waals surface area contributed by atoms with Crippen molar-refractivity contribution in [1.29, 1.82) is 0 Å². The van der Waals surface area contributed by atoms with Gasteiger partial charge in [-0.2, -0.15) is 5.10 Å². The van der Waals surface area contributed by atoms with Crippen molar-refractivity contribution < 1.29 is 4.79 Å². The number of hydrogen-bond donors (Lipinski definition) is 1. The van der Waals surface area contributed by atoms with Crippen LogP contribution in [0.25, 0.3) is 0 Å². The quantitative estimate of drug-likeness (QED) is 0.872. The Morgan fingerprint density at radius 1 is 1.19 bits per heavy atom. The fourth-order valence-electron chi connectivity index (χ4n) is 4.57. The summed E-state index contributed by atoms with van der Waals surface area (Å²) in [5.41, 5.74) is 2.45. The van der Waals surface area contributed by atoms with Crippen LogP contribution in [0.3, 0.4) is 0 Å². The molecule has 3 heterocycles. The van der Waals surface area contributed by atoms with E-state index in [4.69, 9.17) is 5.10 Å². The Hall–Kier alpha value is -1.40. The van der Waals surface area contributed by atoms with Crippen molar-refractivity contribution >= 4 is 5.91 Å². The lowest BCUT2D eigenvalue weighted by Crippen LogP contribution is -2.56. The van der Waals surface area contributed by atoms with E-state index in [1.165, 1.54) is 37.1 Å². The summed E-state index contributed by atoms with van der Waals surface area (Å²) in [5.74, 6) is 0.868. The largest absolute Gasteiger partial charge is 0.350 e. The van der Waals surface area contributed by atoms with Gasteiger partial charge in [0.2, 0.25) is 5.91 Å². The Bertz CT molecular complexity index is 658. The molecule has 1 aromatic heterocycles. The summed E-state index contributed by atoms with van der Waals surface area (Å²) in [5, 5.41) is 7.81. The van der Waals surface area contributed by atoms with E-state index in [1.54, 1.807) is 0 Å². The molecule has 4 rings (SSSR count). The third-order valence-electron chi connectivity index (χ3n) is 5.93. The lowest BCUT2D eigenvalue weighted by Gasteiger charge is -2.41. The number of hydrogen-bond acceptors (Lipinski definition) is 4. The van der Waals surface area contributed by atoms with E-state index in [0.29, 0.717) is 24.5 Å². The van der Waals surface area contributed by atoms with Crippen LogP contribution in [0.1, 0.15) is 63.8 Å². The van der Waals surface area contributed by atoms with Crippen LogP contribution < -0.4 is 5.32 Å². The smallest absolute Gasteiger partial charge is 0.234 e. The average Bonchev–Trinajstić information content (AvgIpc) is 3.27. The number of amides is 1. The van der Waals surface area contributed by atoms with E-state index in [-0.39, 0.29) is 11.4 Å². The summed E-state index contributed by atoms with van der Waals surface area (Å²) < 4.78 is 2.07. The number of fused-ring (bicyclic) bond motifs is 2. The molecule has 3 aliphatic rings. The maximum Gasteiger partial charge on any atom is 0.234 e. The number of aromatic nitrogens is 2. The van der Waals surface area contributed by atoms with Crippen molar-refractivity contribution in [2.75, 3.05) is 19.6 Å². The van der Waals surface area contributed by atoms with Gasteiger partial charge in [-0.1, -0.05) is 0 Å². The van der Waals surface area contributed by atoms with Gasteiger partial charge in [0.15, 0.2) is 0 Å². The van der Waals surface area contributed by atoms with Gasteiger partial charge in [-0.05, 0) is 52.5 Å². The van der Waals surface area contributed by atoms with Crippen LogP contribution in [0.4, 0.5) is 0 Å². The molecule has 6 heteroatoms. The van der Waals surface area contributed by atoms with Crippen molar-refractivity contribution in [2.45, 2.75) is 76.5 Å². The fraction of sp³-hybridized carbons (Fsp3) is 0.800. The zero-order chi connectivity index (χ0) is 18.5. The van der Waals surface area contributed by atoms with Gasteiger partial charge >= 0.3 is 0 Å². The van der Waals surface area contributed by atoms with Gasteiger partial charge < -0.3 is 5.32 Å². The van der Waals surface area contributed by atoms with Crippen LogP contribution in [0.5, 0.6) is 0 Å². The molecule has 0 radical (unpaired) electrons. The Morgan fingerprint density at radius 3 is 2.42 bits per heavy atom. The predicted molar refractivity (Wildman–Crippen MR) is 102 cm³/mol. The highest BCUT2D eigenvalue weighted by Crippen LogP contribution is 2.39. The maximum atomic E-state index is 12.4. The number of nitrogens with zero attached hydrogens (tertiary/aromatic N) is 4. The third-order valence-corrected chi connectivity index (χ3v) is 5.93. The molecule has 144 valence electrons. The summed E-state index contributed by atoms with van der Waals surface area (Å²) >= 11 is 0. The number of piperazine rings is 1. The highest BCUT2D eigenvalue weighted by atomic mass is 16.2. The highest BCUT2D eigenvalue weighted by molar-refractivity contribution is 5.78. The van der Waals surface area contributed by atoms with Crippen LogP contribution in [0, 0.1) is 0 Å². The number of likely N-dealkylation sites (tertiary alicyclic amines) is 1. The molecule has 1 aliphatic carbocycles. The molecular weight excluding hydrogens is 326 g/mol. The molecular formula is C20H33N5O. The zero-order valence-electron chi connectivity index (χ0n) is 16.7. The monoisotopic (exact) mass is 359 g/mol. The molecule has 26 heavy (non-hydrogen) atoms. The van der Waals surface area contributed by atoms with Crippen LogP contribution in [0.15, 0.2) is 6.07 Å². The predicted octanol–water partition coefficient (Wildman–Crippen LogP) is 1.86. The topological polar surface area (TPSA) is 53.4 Å². The average molecular weight is 360 g/mol. The molecule has 1 amide bonds. The van der Waals surface area contributed by atoms with Crippen LogP contribution in [-0.4, -0.2) is 62.7 Å². The molecule has 2 unspecified atom stereocenters. The number of carbonyl (C=O) groups excluding carboxylic acids is 1. The summed E-state index contributed by atoms with van der Waals surface area (Å²) in [4.78, 5) is 17.4. The van der Waals surface area contributed by atoms with Crippen molar-refractivity contribution in [1.82, 2.24) is 24.9 Å². The number of rotatable bonds is 5. The Labute approximate surface area is 156 Å². The van der Waals surface area contributed by atoms with E-state index in [2.05, 4.69) is 32.9 Å². The second kappa shape index (κ2) is 6.64. The van der Waals surface area contributed by atoms with Gasteiger partial charge in [-0.3, -0.25) is 19.3 Å². The second-order valence-corrected chi connectivity index (χ2v) is 9.51. The van der Waals surface area contributed by atoms with Gasteiger partial charge in [0.1, 0.15) is 0 Å². The van der Waals surface area contributed by atoms with Crippen molar-refractivity contribution in [3.63, 3.8) is 0 Å². The molecule has 0 spiro atoms. The molecule has 3 fully saturated rings. The molecule has 2 aliphatic heterocycles. The molecule has 2 saturated heterocycles. The molecule has 0 aromatic carbocycles. The van der Waals surface area contributed by atoms with Crippen molar-refractivity contribution in [3.8, 4) is 0 Å². The summed E-state index contributed by atoms with van der Waals surface area (Å²) in [6, 6.07) is 3.33. The minimum absolute atomic E-state index is 0.156. The van der Waals surface area contributed by atoms with Gasteiger partial charge in [-0.25, -0.2) is 0 Å². The molecule has 6 nitrogen and oxygen atoms in total. The lowest BCUT2D eigenvalue weighted by atomic mass is 10.1. The molecule has 2 atom stereocenters. The van der Waals surface area contributed by atoms with Gasteiger partial charge in [0.25, 0.3) is 0 Å². The van der Waals surface area contributed by atoms with Crippen molar-refractivity contribution in [2.24, 2.45) is 7.05 Å².